The highest BCUT2D eigenvalue weighted by Crippen LogP contribution is 2.20. The molecule has 0 spiro atoms. The molecule has 1 N–H and O–H groups in total. The van der Waals surface area contributed by atoms with Crippen molar-refractivity contribution in [3.63, 3.8) is 0 Å². The van der Waals surface area contributed by atoms with Crippen molar-refractivity contribution in [2.45, 2.75) is 0 Å². The van der Waals surface area contributed by atoms with Gasteiger partial charge in [0.15, 0.2) is 5.69 Å². The zero-order valence-corrected chi connectivity index (χ0v) is 8.96. The monoisotopic (exact) mass is 327 g/mol. The van der Waals surface area contributed by atoms with Crippen LogP contribution in [0, 0.1) is 3.57 Å². The maximum absolute atomic E-state index is 10.5. The highest BCUT2D eigenvalue weighted by atomic mass is 127. The molecule has 58 valence electrons. The lowest BCUT2D eigenvalue weighted by Crippen LogP contribution is -2.01. The quantitative estimate of drug-likeness (QED) is 0.804. The molecule has 0 aromatic carbocycles. The molecule has 1 aromatic heterocycles. The van der Waals surface area contributed by atoms with Crippen LogP contribution in [0.15, 0.2) is 16.7 Å². The second kappa shape index (κ2) is 3.48. The lowest BCUT2D eigenvalue weighted by molar-refractivity contribution is 0.0689. The average Bonchev–Trinajstić information content (AvgIpc) is 1.94. The number of nitrogens with zero attached hydrogens (tertiary/aromatic N) is 1. The Morgan fingerprint density at radius 1 is 1.73 bits per heavy atom. The third kappa shape index (κ3) is 1.90. The lowest BCUT2D eigenvalue weighted by Gasteiger charge is -1.98. The molecular formula is C6H3BrINO2. The van der Waals surface area contributed by atoms with Gasteiger partial charge in [0.1, 0.15) is 0 Å². The van der Waals surface area contributed by atoms with E-state index in [2.05, 4.69) is 20.9 Å². The second-order valence-corrected chi connectivity index (χ2v) is 3.72. The van der Waals surface area contributed by atoms with Crippen molar-refractivity contribution in [3.05, 3.63) is 26.0 Å². The molecule has 1 aromatic rings. The smallest absolute Gasteiger partial charge is 0.355 e. The molecule has 0 saturated carbocycles. The van der Waals surface area contributed by atoms with E-state index in [1.165, 1.54) is 6.20 Å². The Bertz CT molecular complexity index is 303. The fourth-order valence-electron chi connectivity index (χ4n) is 0.569. The van der Waals surface area contributed by atoms with Crippen LogP contribution in [0.3, 0.4) is 0 Å². The molecule has 3 nitrogen and oxygen atoms in total. The van der Waals surface area contributed by atoms with Crippen LogP contribution in [-0.2, 0) is 0 Å². The fourth-order valence-corrected chi connectivity index (χ4v) is 1.39. The summed E-state index contributed by atoms with van der Waals surface area (Å²) in [6.07, 6.45) is 1.47. The molecule has 0 aliphatic carbocycles. The highest BCUT2D eigenvalue weighted by molar-refractivity contribution is 14.1. The topological polar surface area (TPSA) is 50.2 Å². The molecule has 0 fully saturated rings. The number of pyridine rings is 1. The molecule has 0 saturated heterocycles. The number of carboxylic acids is 1. The van der Waals surface area contributed by atoms with Crippen molar-refractivity contribution >= 4 is 44.5 Å². The Kier molecular flexibility index (Phi) is 2.83. The van der Waals surface area contributed by atoms with Gasteiger partial charge in [-0.05, 0) is 44.6 Å². The number of aromatic nitrogens is 1. The summed E-state index contributed by atoms with van der Waals surface area (Å²) in [5.41, 5.74) is 0.0527. The van der Waals surface area contributed by atoms with Crippen LogP contribution in [0.2, 0.25) is 0 Å². The number of aromatic carboxylic acids is 1. The molecule has 0 atom stereocenters. The van der Waals surface area contributed by atoms with E-state index in [-0.39, 0.29) is 5.69 Å². The van der Waals surface area contributed by atoms with Gasteiger partial charge in [0.25, 0.3) is 0 Å². The van der Waals surface area contributed by atoms with Gasteiger partial charge < -0.3 is 5.11 Å². The molecule has 0 bridgehead atoms. The van der Waals surface area contributed by atoms with E-state index in [0.29, 0.717) is 4.47 Å². The third-order valence-electron chi connectivity index (χ3n) is 1.04. The predicted octanol–water partition coefficient (Wildman–Crippen LogP) is 2.15. The van der Waals surface area contributed by atoms with Crippen molar-refractivity contribution in [1.82, 2.24) is 4.98 Å². The van der Waals surface area contributed by atoms with Gasteiger partial charge in [0.2, 0.25) is 0 Å². The maximum atomic E-state index is 10.5. The van der Waals surface area contributed by atoms with Gasteiger partial charge in [-0.25, -0.2) is 9.78 Å². The van der Waals surface area contributed by atoms with E-state index in [1.54, 1.807) is 6.07 Å². The Morgan fingerprint density at radius 2 is 2.36 bits per heavy atom. The lowest BCUT2D eigenvalue weighted by atomic mass is 10.4. The standard InChI is InChI=1S/C6H3BrINO2/c7-4-3(8)1-2-9-5(4)6(10)11/h1-2H,(H,10,11). The Labute approximate surface area is 85.1 Å². The first kappa shape index (κ1) is 8.92. The van der Waals surface area contributed by atoms with Crippen LogP contribution in [0.5, 0.6) is 0 Å². The summed E-state index contributed by atoms with van der Waals surface area (Å²) >= 11 is 5.16. The van der Waals surface area contributed by atoms with Gasteiger partial charge in [0.05, 0.1) is 4.47 Å². The van der Waals surface area contributed by atoms with Crippen LogP contribution in [-0.4, -0.2) is 16.1 Å². The average molecular weight is 328 g/mol. The molecule has 0 aliphatic heterocycles. The van der Waals surface area contributed by atoms with Crippen molar-refractivity contribution in [1.29, 1.82) is 0 Å². The van der Waals surface area contributed by atoms with E-state index in [9.17, 15) is 4.79 Å². The molecule has 0 radical (unpaired) electrons. The molecular weight excluding hydrogens is 325 g/mol. The van der Waals surface area contributed by atoms with E-state index >= 15 is 0 Å². The number of halogens is 2. The molecule has 0 amide bonds. The second-order valence-electron chi connectivity index (χ2n) is 1.76. The van der Waals surface area contributed by atoms with Crippen LogP contribution >= 0.6 is 38.5 Å². The first-order valence-electron chi connectivity index (χ1n) is 2.66. The molecule has 1 rings (SSSR count). The summed E-state index contributed by atoms with van der Waals surface area (Å²) in [7, 11) is 0. The van der Waals surface area contributed by atoms with Gasteiger partial charge >= 0.3 is 5.97 Å². The van der Waals surface area contributed by atoms with Crippen LogP contribution < -0.4 is 0 Å². The normalized spacial score (nSPS) is 9.64. The largest absolute Gasteiger partial charge is 0.476 e. The molecule has 11 heavy (non-hydrogen) atoms. The molecule has 0 aliphatic rings. The summed E-state index contributed by atoms with van der Waals surface area (Å²) in [6, 6.07) is 1.73. The van der Waals surface area contributed by atoms with Gasteiger partial charge in [-0.2, -0.15) is 0 Å². The van der Waals surface area contributed by atoms with E-state index in [4.69, 9.17) is 5.11 Å². The zero-order chi connectivity index (χ0) is 8.43. The molecule has 0 unspecified atom stereocenters. The van der Waals surface area contributed by atoms with Crippen LogP contribution in [0.4, 0.5) is 0 Å². The van der Waals surface area contributed by atoms with Crippen LogP contribution in [0.1, 0.15) is 10.5 Å². The minimum atomic E-state index is -1.02. The molecule has 5 heteroatoms. The van der Waals surface area contributed by atoms with Crippen LogP contribution in [0.25, 0.3) is 0 Å². The number of hydrogen-bond donors (Lipinski definition) is 1. The summed E-state index contributed by atoms with van der Waals surface area (Å²) in [5, 5.41) is 8.59. The van der Waals surface area contributed by atoms with Crippen molar-refractivity contribution < 1.29 is 9.90 Å². The number of carbonyl (C=O) groups is 1. The fraction of sp³-hybridized carbons (Fsp3) is 0. The summed E-state index contributed by atoms with van der Waals surface area (Å²) < 4.78 is 1.38. The van der Waals surface area contributed by atoms with E-state index in [1.807, 2.05) is 22.6 Å². The number of rotatable bonds is 1. The number of carboxylic acid groups (broad SMARTS) is 1. The van der Waals surface area contributed by atoms with E-state index in [0.717, 1.165) is 3.57 Å². The van der Waals surface area contributed by atoms with E-state index < -0.39 is 5.97 Å². The maximum Gasteiger partial charge on any atom is 0.355 e. The van der Waals surface area contributed by atoms with Gasteiger partial charge in [-0.1, -0.05) is 0 Å². The first-order chi connectivity index (χ1) is 5.13. The predicted molar refractivity (Wildman–Crippen MR) is 51.6 cm³/mol. The molecule has 1 heterocycles. The van der Waals surface area contributed by atoms with Gasteiger partial charge in [0, 0.05) is 9.77 Å². The minimum absolute atomic E-state index is 0.0527. The Morgan fingerprint density at radius 3 is 2.82 bits per heavy atom. The van der Waals surface area contributed by atoms with Crippen molar-refractivity contribution in [2.75, 3.05) is 0 Å². The first-order valence-corrected chi connectivity index (χ1v) is 4.53. The SMILES string of the molecule is O=C(O)c1nccc(I)c1Br. The third-order valence-corrected chi connectivity index (χ3v) is 3.49. The number of hydrogen-bond acceptors (Lipinski definition) is 2. The van der Waals surface area contributed by atoms with Gasteiger partial charge in [-0.3, -0.25) is 0 Å². The van der Waals surface area contributed by atoms with Gasteiger partial charge in [-0.15, -0.1) is 0 Å². The zero-order valence-electron chi connectivity index (χ0n) is 5.21. The Balaban J connectivity index is 3.27. The summed E-state index contributed by atoms with van der Waals surface area (Å²) in [5.74, 6) is -1.02. The minimum Gasteiger partial charge on any atom is -0.476 e. The highest BCUT2D eigenvalue weighted by Gasteiger charge is 2.10. The summed E-state index contributed by atoms with van der Waals surface area (Å²) in [4.78, 5) is 14.2. The van der Waals surface area contributed by atoms with Crippen molar-refractivity contribution in [3.8, 4) is 0 Å². The van der Waals surface area contributed by atoms with Crippen molar-refractivity contribution in [2.24, 2.45) is 0 Å². The Hall–Kier alpha value is -0.170. The summed E-state index contributed by atoms with van der Waals surface area (Å²) in [6.45, 7) is 0.